The normalized spacial score (nSPS) is 11.8. The molecule has 0 aliphatic rings. The zero-order valence-corrected chi connectivity index (χ0v) is 7.87. The van der Waals surface area contributed by atoms with Crippen LogP contribution in [0.1, 0.15) is 13.8 Å². The summed E-state index contributed by atoms with van der Waals surface area (Å²) in [5, 5.41) is 5.88. The number of carbonyl (C=O) groups excluding carboxylic acids is 1. The Balaban J connectivity index is 2.45. The highest BCUT2D eigenvalue weighted by Crippen LogP contribution is 2.05. The maximum Gasteiger partial charge on any atom is 0.218 e. The molecule has 1 rings (SSSR count). The van der Waals surface area contributed by atoms with Gasteiger partial charge in [0.15, 0.2) is 0 Å². The summed E-state index contributed by atoms with van der Waals surface area (Å²) in [7, 11) is 0. The second kappa shape index (κ2) is 4.50. The Labute approximate surface area is 78.2 Å². The first kappa shape index (κ1) is 9.58. The fraction of sp³-hybridized carbons (Fsp3) is 0.300. The van der Waals surface area contributed by atoms with Crippen LogP contribution in [0, 0.1) is 0 Å². The molecule has 1 unspecified atom stereocenters. The number of rotatable bonds is 3. The van der Waals surface area contributed by atoms with Crippen LogP contribution >= 0.6 is 0 Å². The van der Waals surface area contributed by atoms with Crippen molar-refractivity contribution in [2.45, 2.75) is 20.0 Å². The van der Waals surface area contributed by atoms with Gasteiger partial charge in [0.1, 0.15) is 0 Å². The highest BCUT2D eigenvalue weighted by Gasteiger charge is 2.00. The molecule has 2 N–H and O–H groups in total. The third-order valence-electron chi connectivity index (χ3n) is 1.58. The van der Waals surface area contributed by atoms with Gasteiger partial charge in [-0.15, -0.1) is 0 Å². The van der Waals surface area contributed by atoms with Crippen LogP contribution < -0.4 is 10.6 Å². The van der Waals surface area contributed by atoms with E-state index in [1.807, 2.05) is 37.3 Å². The van der Waals surface area contributed by atoms with E-state index < -0.39 is 0 Å². The topological polar surface area (TPSA) is 41.1 Å². The smallest absolute Gasteiger partial charge is 0.218 e. The van der Waals surface area contributed by atoms with Crippen molar-refractivity contribution in [3.05, 3.63) is 30.3 Å². The van der Waals surface area contributed by atoms with Crippen molar-refractivity contribution in [1.82, 2.24) is 5.32 Å². The van der Waals surface area contributed by atoms with E-state index in [1.165, 1.54) is 6.92 Å². The fourth-order valence-electron chi connectivity index (χ4n) is 1.13. The molecule has 0 fully saturated rings. The molecule has 1 atom stereocenters. The van der Waals surface area contributed by atoms with Gasteiger partial charge in [-0.25, -0.2) is 0 Å². The Bertz CT molecular complexity index is 272. The van der Waals surface area contributed by atoms with Crippen LogP contribution in [0.5, 0.6) is 0 Å². The lowest BCUT2D eigenvalue weighted by atomic mass is 10.3. The highest BCUT2D eigenvalue weighted by atomic mass is 16.1. The highest BCUT2D eigenvalue weighted by molar-refractivity contribution is 5.73. The molecule has 70 valence electrons. The number of benzene rings is 1. The van der Waals surface area contributed by atoms with Gasteiger partial charge >= 0.3 is 0 Å². The van der Waals surface area contributed by atoms with Gasteiger partial charge in [-0.1, -0.05) is 18.2 Å². The molecule has 0 heterocycles. The Kier molecular flexibility index (Phi) is 3.31. The molecule has 0 radical (unpaired) electrons. The van der Waals surface area contributed by atoms with Gasteiger partial charge in [0.25, 0.3) is 0 Å². The van der Waals surface area contributed by atoms with Crippen LogP contribution in [-0.4, -0.2) is 12.1 Å². The Morgan fingerprint density at radius 1 is 1.31 bits per heavy atom. The molecule has 3 heteroatoms. The third-order valence-corrected chi connectivity index (χ3v) is 1.58. The first-order chi connectivity index (χ1) is 6.18. The molecule has 0 aromatic heterocycles. The molecule has 0 saturated heterocycles. The number of hydrogen-bond acceptors (Lipinski definition) is 2. The van der Waals surface area contributed by atoms with Crippen LogP contribution in [0.2, 0.25) is 0 Å². The van der Waals surface area contributed by atoms with E-state index in [4.69, 9.17) is 0 Å². The van der Waals surface area contributed by atoms with Gasteiger partial charge in [0, 0.05) is 12.6 Å². The second-order valence-electron chi connectivity index (χ2n) is 2.93. The van der Waals surface area contributed by atoms with Crippen LogP contribution in [-0.2, 0) is 4.79 Å². The minimum Gasteiger partial charge on any atom is -0.366 e. The van der Waals surface area contributed by atoms with Gasteiger partial charge in [0.2, 0.25) is 5.91 Å². The van der Waals surface area contributed by atoms with Crippen molar-refractivity contribution < 1.29 is 4.79 Å². The largest absolute Gasteiger partial charge is 0.366 e. The van der Waals surface area contributed by atoms with E-state index in [0.29, 0.717) is 0 Å². The minimum absolute atomic E-state index is 0.0315. The molecule has 1 aromatic rings. The quantitative estimate of drug-likeness (QED) is 0.690. The fourth-order valence-corrected chi connectivity index (χ4v) is 1.13. The summed E-state index contributed by atoms with van der Waals surface area (Å²) >= 11 is 0. The lowest BCUT2D eigenvalue weighted by molar-refractivity contribution is -0.119. The van der Waals surface area contributed by atoms with Crippen molar-refractivity contribution in [3.63, 3.8) is 0 Å². The molecule has 0 spiro atoms. The standard InChI is InChI=1S/C10H14N2O/c1-8(11-9(2)13)12-10-6-4-3-5-7-10/h3-8,12H,1-2H3,(H,11,13). The van der Waals surface area contributed by atoms with Crippen molar-refractivity contribution in [2.75, 3.05) is 5.32 Å². The molecule has 1 aromatic carbocycles. The first-order valence-corrected chi connectivity index (χ1v) is 4.27. The summed E-state index contributed by atoms with van der Waals surface area (Å²) in [5.74, 6) is -0.0315. The molecule has 1 amide bonds. The number of anilines is 1. The number of para-hydroxylation sites is 1. The van der Waals surface area contributed by atoms with Crippen molar-refractivity contribution in [2.24, 2.45) is 0 Å². The lowest BCUT2D eigenvalue weighted by Crippen LogP contribution is -2.36. The molecule has 3 nitrogen and oxygen atoms in total. The van der Waals surface area contributed by atoms with E-state index in [9.17, 15) is 4.79 Å². The van der Waals surface area contributed by atoms with Gasteiger partial charge in [-0.3, -0.25) is 4.79 Å². The summed E-state index contributed by atoms with van der Waals surface area (Å²) < 4.78 is 0. The lowest BCUT2D eigenvalue weighted by Gasteiger charge is -2.15. The first-order valence-electron chi connectivity index (χ1n) is 4.27. The van der Waals surface area contributed by atoms with Crippen LogP contribution in [0.25, 0.3) is 0 Å². The monoisotopic (exact) mass is 178 g/mol. The summed E-state index contributed by atoms with van der Waals surface area (Å²) in [6, 6.07) is 9.76. The summed E-state index contributed by atoms with van der Waals surface area (Å²) in [6.45, 7) is 3.40. The maximum atomic E-state index is 10.7. The number of carbonyl (C=O) groups is 1. The molecular weight excluding hydrogens is 164 g/mol. The summed E-state index contributed by atoms with van der Waals surface area (Å²) in [6.07, 6.45) is -0.0418. The van der Waals surface area contributed by atoms with Gasteiger partial charge < -0.3 is 10.6 Å². The summed E-state index contributed by atoms with van der Waals surface area (Å²) in [4.78, 5) is 10.7. The minimum atomic E-state index is -0.0418. The van der Waals surface area contributed by atoms with E-state index >= 15 is 0 Å². The number of amides is 1. The molecular formula is C10H14N2O. The van der Waals surface area contributed by atoms with Gasteiger partial charge in [0.05, 0.1) is 6.17 Å². The predicted octanol–water partition coefficient (Wildman–Crippen LogP) is 1.58. The second-order valence-corrected chi connectivity index (χ2v) is 2.93. The Morgan fingerprint density at radius 3 is 2.46 bits per heavy atom. The van der Waals surface area contributed by atoms with Crippen molar-refractivity contribution >= 4 is 11.6 Å². The van der Waals surface area contributed by atoms with Crippen LogP contribution in [0.15, 0.2) is 30.3 Å². The number of hydrogen-bond donors (Lipinski definition) is 2. The molecule has 0 bridgehead atoms. The Morgan fingerprint density at radius 2 is 1.92 bits per heavy atom. The van der Waals surface area contributed by atoms with E-state index in [0.717, 1.165) is 5.69 Å². The zero-order chi connectivity index (χ0) is 9.68. The molecule has 13 heavy (non-hydrogen) atoms. The zero-order valence-electron chi connectivity index (χ0n) is 7.87. The van der Waals surface area contributed by atoms with E-state index in [2.05, 4.69) is 10.6 Å². The van der Waals surface area contributed by atoms with Gasteiger partial charge in [-0.2, -0.15) is 0 Å². The number of nitrogens with one attached hydrogen (secondary N) is 2. The van der Waals surface area contributed by atoms with Crippen molar-refractivity contribution in [3.8, 4) is 0 Å². The molecule has 0 aliphatic heterocycles. The predicted molar refractivity (Wildman–Crippen MR) is 53.3 cm³/mol. The average Bonchev–Trinajstić information content (AvgIpc) is 2.04. The Hall–Kier alpha value is -1.51. The average molecular weight is 178 g/mol. The van der Waals surface area contributed by atoms with Crippen LogP contribution in [0.3, 0.4) is 0 Å². The molecule has 0 aliphatic carbocycles. The summed E-state index contributed by atoms with van der Waals surface area (Å²) in [5.41, 5.74) is 1.00. The molecule has 0 saturated carbocycles. The SMILES string of the molecule is CC(=O)NC(C)Nc1ccccc1. The van der Waals surface area contributed by atoms with Gasteiger partial charge in [-0.05, 0) is 19.1 Å². The van der Waals surface area contributed by atoms with E-state index in [1.54, 1.807) is 0 Å². The van der Waals surface area contributed by atoms with E-state index in [-0.39, 0.29) is 12.1 Å². The third kappa shape index (κ3) is 3.60. The maximum absolute atomic E-state index is 10.7. The van der Waals surface area contributed by atoms with Crippen LogP contribution in [0.4, 0.5) is 5.69 Å². The van der Waals surface area contributed by atoms with Crippen molar-refractivity contribution in [1.29, 1.82) is 0 Å².